The molecule has 0 atom stereocenters. The van der Waals surface area contributed by atoms with Crippen molar-refractivity contribution < 1.29 is 21.6 Å². The standard InChI is InChI=1S/C16H27NO5S2/c1-4-5-6-10-22-16-9-8-14(2)13-15(16)17-24(20,21)12-7-11-23(3,18)19/h8-9,13,17H,4-7,10-12H2,1-3H3. The van der Waals surface area contributed by atoms with Crippen molar-refractivity contribution >= 4 is 25.5 Å². The second-order valence-corrected chi connectivity index (χ2v) is 10.1. The van der Waals surface area contributed by atoms with Crippen LogP contribution in [0.4, 0.5) is 5.69 Å². The lowest BCUT2D eigenvalue weighted by Gasteiger charge is -2.14. The number of aryl methyl sites for hydroxylation is 1. The van der Waals surface area contributed by atoms with Crippen molar-refractivity contribution in [2.24, 2.45) is 0 Å². The van der Waals surface area contributed by atoms with E-state index in [2.05, 4.69) is 11.6 Å². The number of nitrogens with one attached hydrogen (secondary N) is 1. The van der Waals surface area contributed by atoms with Gasteiger partial charge in [-0.25, -0.2) is 16.8 Å². The van der Waals surface area contributed by atoms with E-state index in [0.29, 0.717) is 18.0 Å². The highest BCUT2D eigenvalue weighted by Crippen LogP contribution is 2.27. The summed E-state index contributed by atoms with van der Waals surface area (Å²) in [6.07, 6.45) is 4.20. The van der Waals surface area contributed by atoms with E-state index in [1.165, 1.54) is 0 Å². The molecule has 0 amide bonds. The monoisotopic (exact) mass is 377 g/mol. The highest BCUT2D eigenvalue weighted by molar-refractivity contribution is 7.93. The quantitative estimate of drug-likeness (QED) is 0.599. The summed E-state index contributed by atoms with van der Waals surface area (Å²) in [5.41, 5.74) is 1.30. The molecule has 0 bridgehead atoms. The summed E-state index contributed by atoms with van der Waals surface area (Å²) in [4.78, 5) is 0. The van der Waals surface area contributed by atoms with Crippen LogP contribution in [0.15, 0.2) is 18.2 Å². The lowest BCUT2D eigenvalue weighted by molar-refractivity contribution is 0.308. The van der Waals surface area contributed by atoms with Crippen molar-refractivity contribution in [2.45, 2.75) is 39.5 Å². The first-order valence-electron chi connectivity index (χ1n) is 8.04. The Balaban J connectivity index is 2.75. The van der Waals surface area contributed by atoms with E-state index < -0.39 is 19.9 Å². The summed E-state index contributed by atoms with van der Waals surface area (Å²) in [5, 5.41) is 0. The molecule has 0 fully saturated rings. The van der Waals surface area contributed by atoms with E-state index in [9.17, 15) is 16.8 Å². The molecule has 0 aliphatic heterocycles. The molecular formula is C16H27NO5S2. The van der Waals surface area contributed by atoms with E-state index in [1.807, 2.05) is 13.0 Å². The van der Waals surface area contributed by atoms with E-state index in [4.69, 9.17) is 4.74 Å². The maximum atomic E-state index is 12.2. The summed E-state index contributed by atoms with van der Waals surface area (Å²) in [6, 6.07) is 5.31. The van der Waals surface area contributed by atoms with Gasteiger partial charge in [0.05, 0.1) is 23.8 Å². The molecule has 0 spiro atoms. The molecule has 1 aromatic rings. The molecule has 1 aromatic carbocycles. The SMILES string of the molecule is CCCCCOc1ccc(C)cc1NS(=O)(=O)CCCS(C)(=O)=O. The largest absolute Gasteiger partial charge is 0.491 e. The van der Waals surface area contributed by atoms with Gasteiger partial charge < -0.3 is 4.74 Å². The molecule has 6 nitrogen and oxygen atoms in total. The van der Waals surface area contributed by atoms with E-state index in [-0.39, 0.29) is 17.9 Å². The molecule has 24 heavy (non-hydrogen) atoms. The third-order valence-corrected chi connectivity index (χ3v) is 5.72. The zero-order chi connectivity index (χ0) is 18.2. The van der Waals surface area contributed by atoms with Crippen LogP contribution < -0.4 is 9.46 Å². The van der Waals surface area contributed by atoms with Crippen molar-refractivity contribution in [3.05, 3.63) is 23.8 Å². The Morgan fingerprint density at radius 1 is 1.04 bits per heavy atom. The van der Waals surface area contributed by atoms with Gasteiger partial charge in [-0.1, -0.05) is 25.8 Å². The Kier molecular flexibility index (Phi) is 8.02. The number of hydrogen-bond acceptors (Lipinski definition) is 5. The fourth-order valence-electron chi connectivity index (χ4n) is 2.11. The smallest absolute Gasteiger partial charge is 0.232 e. The Labute approximate surface area is 145 Å². The first-order valence-corrected chi connectivity index (χ1v) is 11.8. The van der Waals surface area contributed by atoms with Crippen LogP contribution in [0.3, 0.4) is 0 Å². The van der Waals surface area contributed by atoms with Gasteiger partial charge in [-0.15, -0.1) is 0 Å². The first-order chi connectivity index (χ1) is 11.1. The fraction of sp³-hybridized carbons (Fsp3) is 0.625. The van der Waals surface area contributed by atoms with Crippen LogP contribution in [0.1, 0.15) is 38.2 Å². The Bertz CT molecular complexity index is 727. The molecule has 0 aliphatic carbocycles. The number of ether oxygens (including phenoxy) is 1. The van der Waals surface area contributed by atoms with Crippen molar-refractivity contribution in [1.29, 1.82) is 0 Å². The second-order valence-electron chi connectivity index (χ2n) is 5.96. The van der Waals surface area contributed by atoms with Gasteiger partial charge in [0.2, 0.25) is 10.0 Å². The summed E-state index contributed by atoms with van der Waals surface area (Å²) >= 11 is 0. The number of sulfone groups is 1. The third kappa shape index (κ3) is 8.54. The predicted octanol–water partition coefficient (Wildman–Crippen LogP) is 2.74. The molecule has 8 heteroatoms. The number of sulfonamides is 1. The van der Waals surface area contributed by atoms with Gasteiger partial charge in [-0.3, -0.25) is 4.72 Å². The lowest BCUT2D eigenvalue weighted by atomic mass is 10.2. The zero-order valence-corrected chi connectivity index (χ0v) is 16.2. The molecule has 0 aromatic heterocycles. The van der Waals surface area contributed by atoms with Crippen LogP contribution in [-0.2, 0) is 19.9 Å². The fourth-order valence-corrected chi connectivity index (χ4v) is 4.09. The minimum Gasteiger partial charge on any atom is -0.491 e. The summed E-state index contributed by atoms with van der Waals surface area (Å²) in [7, 11) is -6.79. The predicted molar refractivity (Wildman–Crippen MR) is 97.9 cm³/mol. The molecule has 0 saturated heterocycles. The molecule has 138 valence electrons. The summed E-state index contributed by atoms with van der Waals surface area (Å²) < 4.78 is 54.7. The molecule has 1 rings (SSSR count). The average Bonchev–Trinajstić information content (AvgIpc) is 2.43. The molecular weight excluding hydrogens is 350 g/mol. The van der Waals surface area contributed by atoms with Gasteiger partial charge in [-0.05, 0) is 37.5 Å². The van der Waals surface area contributed by atoms with Crippen molar-refractivity contribution in [3.63, 3.8) is 0 Å². The molecule has 0 unspecified atom stereocenters. The lowest BCUT2D eigenvalue weighted by Crippen LogP contribution is -2.19. The summed E-state index contributed by atoms with van der Waals surface area (Å²) in [6.45, 7) is 4.49. The minimum absolute atomic E-state index is 0.0622. The number of benzene rings is 1. The van der Waals surface area contributed by atoms with Gasteiger partial charge in [-0.2, -0.15) is 0 Å². The topological polar surface area (TPSA) is 89.5 Å². The van der Waals surface area contributed by atoms with Crippen LogP contribution >= 0.6 is 0 Å². The van der Waals surface area contributed by atoms with Crippen LogP contribution in [0.5, 0.6) is 5.75 Å². The molecule has 0 heterocycles. The molecule has 1 N–H and O–H groups in total. The summed E-state index contributed by atoms with van der Waals surface area (Å²) in [5.74, 6) is 0.0918. The number of hydrogen-bond donors (Lipinski definition) is 1. The van der Waals surface area contributed by atoms with E-state index in [1.54, 1.807) is 12.1 Å². The van der Waals surface area contributed by atoms with Crippen molar-refractivity contribution in [1.82, 2.24) is 0 Å². The number of rotatable bonds is 11. The molecule has 0 saturated carbocycles. The van der Waals surface area contributed by atoms with Crippen LogP contribution in [-0.4, -0.2) is 41.2 Å². The highest BCUT2D eigenvalue weighted by atomic mass is 32.2. The maximum absolute atomic E-state index is 12.2. The van der Waals surface area contributed by atoms with Gasteiger partial charge >= 0.3 is 0 Å². The Morgan fingerprint density at radius 2 is 1.75 bits per heavy atom. The van der Waals surface area contributed by atoms with Gasteiger partial charge in [0.25, 0.3) is 0 Å². The zero-order valence-electron chi connectivity index (χ0n) is 14.5. The van der Waals surface area contributed by atoms with Crippen LogP contribution in [0, 0.1) is 6.92 Å². The number of anilines is 1. The van der Waals surface area contributed by atoms with Gasteiger partial charge in [0.15, 0.2) is 0 Å². The Morgan fingerprint density at radius 3 is 2.38 bits per heavy atom. The van der Waals surface area contributed by atoms with Crippen LogP contribution in [0.25, 0.3) is 0 Å². The minimum atomic E-state index is -3.63. The van der Waals surface area contributed by atoms with Crippen molar-refractivity contribution in [2.75, 3.05) is 29.1 Å². The first kappa shape index (κ1) is 20.8. The molecule has 0 radical (unpaired) electrons. The van der Waals surface area contributed by atoms with Crippen molar-refractivity contribution in [3.8, 4) is 5.75 Å². The normalized spacial score (nSPS) is 12.1. The number of unbranched alkanes of at least 4 members (excludes halogenated alkanes) is 2. The highest BCUT2D eigenvalue weighted by Gasteiger charge is 2.15. The maximum Gasteiger partial charge on any atom is 0.232 e. The molecule has 0 aliphatic rings. The Hall–Kier alpha value is -1.28. The second kappa shape index (κ2) is 9.27. The van der Waals surface area contributed by atoms with E-state index >= 15 is 0 Å². The van der Waals surface area contributed by atoms with Gasteiger partial charge in [0.1, 0.15) is 15.6 Å². The van der Waals surface area contributed by atoms with E-state index in [0.717, 1.165) is 31.1 Å². The average molecular weight is 378 g/mol. The van der Waals surface area contributed by atoms with Crippen LogP contribution in [0.2, 0.25) is 0 Å². The van der Waals surface area contributed by atoms with Gasteiger partial charge in [0, 0.05) is 6.26 Å². The third-order valence-electron chi connectivity index (χ3n) is 3.33.